The van der Waals surface area contributed by atoms with E-state index in [0.717, 1.165) is 11.5 Å². The van der Waals surface area contributed by atoms with Crippen molar-refractivity contribution in [3.63, 3.8) is 0 Å². The number of anilines is 1. The first-order valence-electron chi connectivity index (χ1n) is 6.23. The van der Waals surface area contributed by atoms with Gasteiger partial charge >= 0.3 is 0 Å². The number of hydrogen-bond acceptors (Lipinski definition) is 4. The second-order valence-electron chi connectivity index (χ2n) is 4.77. The number of carbonyl (C=O) groups excluding carboxylic acids is 1. The lowest BCUT2D eigenvalue weighted by Gasteiger charge is -2.18. The van der Waals surface area contributed by atoms with Crippen LogP contribution in [-0.4, -0.2) is 42.5 Å². The van der Waals surface area contributed by atoms with Crippen molar-refractivity contribution in [1.29, 1.82) is 0 Å². The van der Waals surface area contributed by atoms with Crippen LogP contribution in [0, 0.1) is 0 Å². The predicted octanol–water partition coefficient (Wildman–Crippen LogP) is 1.73. The zero-order valence-electron chi connectivity index (χ0n) is 11.8. The molecule has 0 fully saturated rings. The molecular weight excluding hydrogens is 264 g/mol. The molecular formula is C13H21ClN4O. The van der Waals surface area contributed by atoms with E-state index in [-0.39, 0.29) is 11.9 Å². The highest BCUT2D eigenvalue weighted by molar-refractivity contribution is 6.31. The fraction of sp³-hybridized carbons (Fsp3) is 0.538. The molecule has 1 heterocycles. The normalized spacial score (nSPS) is 10.9. The van der Waals surface area contributed by atoms with Gasteiger partial charge < -0.3 is 10.6 Å². The number of nitrogens with one attached hydrogen (secondary N) is 2. The molecule has 0 spiro atoms. The van der Waals surface area contributed by atoms with Crippen LogP contribution in [0.2, 0.25) is 5.02 Å². The van der Waals surface area contributed by atoms with E-state index >= 15 is 0 Å². The Hall–Kier alpha value is -1.33. The van der Waals surface area contributed by atoms with Crippen LogP contribution in [0.15, 0.2) is 12.1 Å². The molecule has 106 valence electrons. The largest absolute Gasteiger partial charge is 0.373 e. The van der Waals surface area contributed by atoms with Gasteiger partial charge in [0.05, 0.1) is 17.3 Å². The van der Waals surface area contributed by atoms with Crippen LogP contribution in [0.25, 0.3) is 0 Å². The highest BCUT2D eigenvalue weighted by Gasteiger charge is 2.11. The Morgan fingerprint density at radius 1 is 1.47 bits per heavy atom. The van der Waals surface area contributed by atoms with Gasteiger partial charge in [0.15, 0.2) is 0 Å². The van der Waals surface area contributed by atoms with Gasteiger partial charge in [-0.3, -0.25) is 9.69 Å². The third-order valence-electron chi connectivity index (χ3n) is 2.46. The fourth-order valence-corrected chi connectivity index (χ4v) is 1.82. The molecule has 5 nitrogen and oxygen atoms in total. The number of pyridine rings is 1. The SMILES string of the molecule is CNc1ccc(Cl)c(CN(C)CC(=O)NC(C)C)n1. The minimum atomic E-state index is -0.00149. The van der Waals surface area contributed by atoms with Crippen molar-refractivity contribution < 1.29 is 4.79 Å². The van der Waals surface area contributed by atoms with Crippen LogP contribution in [0.5, 0.6) is 0 Å². The molecule has 0 aliphatic heterocycles. The Labute approximate surface area is 119 Å². The van der Waals surface area contributed by atoms with E-state index in [0.29, 0.717) is 18.1 Å². The summed E-state index contributed by atoms with van der Waals surface area (Å²) in [7, 11) is 3.67. The third-order valence-corrected chi connectivity index (χ3v) is 2.80. The Balaban J connectivity index is 2.61. The molecule has 6 heteroatoms. The second-order valence-corrected chi connectivity index (χ2v) is 5.18. The molecule has 19 heavy (non-hydrogen) atoms. The molecule has 1 aromatic heterocycles. The summed E-state index contributed by atoms with van der Waals surface area (Å²) in [6, 6.07) is 3.77. The molecule has 0 saturated carbocycles. The Morgan fingerprint density at radius 3 is 2.74 bits per heavy atom. The maximum atomic E-state index is 11.6. The number of nitrogens with zero attached hydrogens (tertiary/aromatic N) is 2. The summed E-state index contributed by atoms with van der Waals surface area (Å²) in [6.07, 6.45) is 0. The van der Waals surface area contributed by atoms with Crippen LogP contribution in [-0.2, 0) is 11.3 Å². The number of carbonyl (C=O) groups is 1. The summed E-state index contributed by atoms with van der Waals surface area (Å²) in [5.41, 5.74) is 0.758. The van der Waals surface area contributed by atoms with Crippen LogP contribution < -0.4 is 10.6 Å². The summed E-state index contributed by atoms with van der Waals surface area (Å²) in [6.45, 7) is 4.72. The molecule has 0 bridgehead atoms. The van der Waals surface area contributed by atoms with Crippen molar-refractivity contribution in [3.8, 4) is 0 Å². The molecule has 0 radical (unpaired) electrons. The highest BCUT2D eigenvalue weighted by Crippen LogP contribution is 2.17. The first-order valence-corrected chi connectivity index (χ1v) is 6.61. The van der Waals surface area contributed by atoms with Gasteiger partial charge in [-0.1, -0.05) is 11.6 Å². The van der Waals surface area contributed by atoms with E-state index in [4.69, 9.17) is 11.6 Å². The van der Waals surface area contributed by atoms with E-state index in [9.17, 15) is 4.79 Å². The zero-order chi connectivity index (χ0) is 14.4. The lowest BCUT2D eigenvalue weighted by atomic mass is 10.3. The van der Waals surface area contributed by atoms with Crippen molar-refractivity contribution in [3.05, 3.63) is 22.8 Å². The van der Waals surface area contributed by atoms with Crippen LogP contribution in [0.3, 0.4) is 0 Å². The number of likely N-dealkylation sites (N-methyl/N-ethyl adjacent to an activating group) is 1. The van der Waals surface area contributed by atoms with Crippen LogP contribution >= 0.6 is 11.6 Å². The number of hydrogen-bond donors (Lipinski definition) is 2. The van der Waals surface area contributed by atoms with Crippen molar-refractivity contribution in [2.24, 2.45) is 0 Å². The number of amides is 1. The average molecular weight is 285 g/mol. The van der Waals surface area contributed by atoms with Crippen molar-refractivity contribution in [1.82, 2.24) is 15.2 Å². The molecule has 1 amide bonds. The zero-order valence-corrected chi connectivity index (χ0v) is 12.6. The molecule has 1 aromatic rings. The maximum absolute atomic E-state index is 11.6. The Bertz CT molecular complexity index is 437. The second kappa shape index (κ2) is 7.31. The van der Waals surface area contributed by atoms with Crippen molar-refractivity contribution in [2.45, 2.75) is 26.4 Å². The third kappa shape index (κ3) is 5.44. The van der Waals surface area contributed by atoms with Crippen LogP contribution in [0.1, 0.15) is 19.5 Å². The monoisotopic (exact) mass is 284 g/mol. The lowest BCUT2D eigenvalue weighted by molar-refractivity contribution is -0.122. The van der Waals surface area contributed by atoms with Gasteiger partial charge in [0.25, 0.3) is 0 Å². The topological polar surface area (TPSA) is 57.3 Å². The molecule has 0 aliphatic carbocycles. The van der Waals surface area contributed by atoms with Gasteiger partial charge in [-0.15, -0.1) is 0 Å². The summed E-state index contributed by atoms with van der Waals surface area (Å²) in [5.74, 6) is 0.762. The molecule has 2 N–H and O–H groups in total. The smallest absolute Gasteiger partial charge is 0.234 e. The predicted molar refractivity (Wildman–Crippen MR) is 78.4 cm³/mol. The van der Waals surface area contributed by atoms with E-state index in [1.165, 1.54) is 0 Å². The Kier molecular flexibility index (Phi) is 6.05. The molecule has 0 aromatic carbocycles. The van der Waals surface area contributed by atoms with Gasteiger partial charge in [0.1, 0.15) is 5.82 Å². The standard InChI is InChI=1S/C13H21ClN4O/c1-9(2)16-13(19)8-18(4)7-11-10(14)5-6-12(15-3)17-11/h5-6,9H,7-8H2,1-4H3,(H,15,17)(H,16,19). The van der Waals surface area contributed by atoms with Gasteiger partial charge in [0.2, 0.25) is 5.91 Å². The molecule has 1 rings (SSSR count). The lowest BCUT2D eigenvalue weighted by Crippen LogP contribution is -2.38. The summed E-state index contributed by atoms with van der Waals surface area (Å²) in [5, 5.41) is 6.42. The molecule has 0 atom stereocenters. The van der Waals surface area contributed by atoms with Gasteiger partial charge in [0, 0.05) is 19.6 Å². The van der Waals surface area contributed by atoms with Crippen molar-refractivity contribution in [2.75, 3.05) is 26.0 Å². The van der Waals surface area contributed by atoms with E-state index in [2.05, 4.69) is 15.6 Å². The fourth-order valence-electron chi connectivity index (χ4n) is 1.66. The maximum Gasteiger partial charge on any atom is 0.234 e. The molecule has 0 saturated heterocycles. The highest BCUT2D eigenvalue weighted by atomic mass is 35.5. The summed E-state index contributed by atoms with van der Waals surface area (Å²) < 4.78 is 0. The summed E-state index contributed by atoms with van der Waals surface area (Å²) in [4.78, 5) is 17.9. The summed E-state index contributed by atoms with van der Waals surface area (Å²) >= 11 is 6.10. The number of rotatable bonds is 6. The van der Waals surface area contributed by atoms with Gasteiger partial charge in [-0.05, 0) is 33.0 Å². The van der Waals surface area contributed by atoms with Crippen molar-refractivity contribution >= 4 is 23.3 Å². The number of halogens is 1. The van der Waals surface area contributed by atoms with Gasteiger partial charge in [-0.2, -0.15) is 0 Å². The quantitative estimate of drug-likeness (QED) is 0.835. The molecule has 0 unspecified atom stereocenters. The van der Waals surface area contributed by atoms with E-state index in [1.807, 2.05) is 31.9 Å². The molecule has 0 aliphatic rings. The van der Waals surface area contributed by atoms with E-state index in [1.54, 1.807) is 13.1 Å². The Morgan fingerprint density at radius 2 is 2.16 bits per heavy atom. The minimum absolute atomic E-state index is 0.00149. The first kappa shape index (κ1) is 15.7. The van der Waals surface area contributed by atoms with Gasteiger partial charge in [-0.25, -0.2) is 4.98 Å². The first-order chi connectivity index (χ1) is 8.92. The van der Waals surface area contributed by atoms with E-state index < -0.39 is 0 Å². The number of aromatic nitrogens is 1. The average Bonchev–Trinajstić information content (AvgIpc) is 2.30. The van der Waals surface area contributed by atoms with Crippen LogP contribution in [0.4, 0.5) is 5.82 Å². The minimum Gasteiger partial charge on any atom is -0.373 e.